The van der Waals surface area contributed by atoms with E-state index in [4.69, 9.17) is 9.47 Å². The molecule has 1 N–H and O–H groups in total. The number of carbonyl (C=O) groups excluding carboxylic acids is 3. The number of carbonyl (C=O) groups is 3. The number of hydrogen-bond acceptors (Lipinski definition) is 8. The number of amides is 1. The Hall–Kier alpha value is -3.56. The minimum atomic E-state index is -0.966. The first-order chi connectivity index (χ1) is 16.0. The molecule has 34 heavy (non-hydrogen) atoms. The fourth-order valence-corrected chi connectivity index (χ4v) is 4.01. The molecule has 0 aliphatic carbocycles. The van der Waals surface area contributed by atoms with E-state index in [0.29, 0.717) is 17.0 Å². The van der Waals surface area contributed by atoms with Gasteiger partial charge in [-0.1, -0.05) is 26.0 Å². The van der Waals surface area contributed by atoms with Gasteiger partial charge in [0, 0.05) is 35.0 Å². The van der Waals surface area contributed by atoms with E-state index in [1.54, 1.807) is 47.6 Å². The first kappa shape index (κ1) is 26.7. The maximum Gasteiger partial charge on any atom is 0.328 e. The molecule has 1 aromatic rings. The molecule has 0 fully saturated rings. The highest BCUT2D eigenvalue weighted by molar-refractivity contribution is 6.08. The number of aliphatic imine (C=N–C) groups is 1. The Labute approximate surface area is 198 Å². The van der Waals surface area contributed by atoms with Gasteiger partial charge in [-0.2, -0.15) is 0 Å². The van der Waals surface area contributed by atoms with Gasteiger partial charge in [0.1, 0.15) is 12.0 Å². The Morgan fingerprint density at radius 3 is 2.35 bits per heavy atom. The van der Waals surface area contributed by atoms with Gasteiger partial charge in [-0.3, -0.25) is 24.7 Å². The summed E-state index contributed by atoms with van der Waals surface area (Å²) in [5, 5.41) is 14.1. The molecule has 1 aliphatic rings. The third-order valence-corrected chi connectivity index (χ3v) is 5.55. The summed E-state index contributed by atoms with van der Waals surface area (Å²) in [6.07, 6.45) is 0. The predicted octanol–water partition coefficient (Wildman–Crippen LogP) is 3.31. The van der Waals surface area contributed by atoms with Crippen LogP contribution in [-0.2, 0) is 23.9 Å². The molecule has 0 saturated heterocycles. The van der Waals surface area contributed by atoms with Crippen molar-refractivity contribution in [2.75, 3.05) is 13.2 Å². The maximum atomic E-state index is 13.5. The topological polar surface area (TPSA) is 137 Å². The number of nitrogens with one attached hydrogen (secondary N) is 1. The van der Waals surface area contributed by atoms with Gasteiger partial charge in [0.25, 0.3) is 5.69 Å². The van der Waals surface area contributed by atoms with E-state index in [1.807, 2.05) is 0 Å². The molecule has 3 atom stereocenters. The van der Waals surface area contributed by atoms with Gasteiger partial charge in [0.2, 0.25) is 5.91 Å². The first-order valence-electron chi connectivity index (χ1n) is 11.2. The van der Waals surface area contributed by atoms with Gasteiger partial charge >= 0.3 is 11.9 Å². The molecule has 10 nitrogen and oxygen atoms in total. The van der Waals surface area contributed by atoms with E-state index in [1.165, 1.54) is 18.2 Å². The van der Waals surface area contributed by atoms with Crippen LogP contribution in [0.4, 0.5) is 5.69 Å². The Bertz CT molecular complexity index is 1030. The van der Waals surface area contributed by atoms with Crippen molar-refractivity contribution in [1.29, 1.82) is 0 Å². The van der Waals surface area contributed by atoms with Crippen molar-refractivity contribution in [3.8, 4) is 0 Å². The number of allylic oxidation sites excluding steroid dienone is 1. The van der Waals surface area contributed by atoms with E-state index in [0.717, 1.165) is 0 Å². The molecule has 0 spiro atoms. The standard InChI is InChI=1S/C24H31N3O7/c1-7-33-23(29)19-15(6)25-14(5)18(20(19)16-10-9-11-17(12-16)27(31)32)22(28)26-21(13(3)4)24(30)34-8-2/h9-13,19-21H,7-8H2,1-6H3,(H,26,28)/t19?,20-,21-/m0/s1. The third-order valence-electron chi connectivity index (χ3n) is 5.55. The normalized spacial score (nSPS) is 18.7. The van der Waals surface area contributed by atoms with Crippen LogP contribution in [-0.4, -0.2) is 47.7 Å². The van der Waals surface area contributed by atoms with Crippen molar-refractivity contribution >= 4 is 29.2 Å². The summed E-state index contributed by atoms with van der Waals surface area (Å²) in [5.74, 6) is -3.91. The van der Waals surface area contributed by atoms with Crippen molar-refractivity contribution in [3.05, 3.63) is 51.2 Å². The monoisotopic (exact) mass is 473 g/mol. The highest BCUT2D eigenvalue weighted by Crippen LogP contribution is 2.40. The van der Waals surface area contributed by atoms with Crippen LogP contribution < -0.4 is 5.32 Å². The van der Waals surface area contributed by atoms with Gasteiger partial charge in [-0.15, -0.1) is 0 Å². The lowest BCUT2D eigenvalue weighted by Gasteiger charge is -2.32. The lowest BCUT2D eigenvalue weighted by molar-refractivity contribution is -0.384. The van der Waals surface area contributed by atoms with Gasteiger partial charge in [-0.05, 0) is 39.2 Å². The lowest BCUT2D eigenvalue weighted by atomic mass is 9.75. The summed E-state index contributed by atoms with van der Waals surface area (Å²) < 4.78 is 10.3. The van der Waals surface area contributed by atoms with Gasteiger partial charge in [-0.25, -0.2) is 4.79 Å². The van der Waals surface area contributed by atoms with Crippen LogP contribution >= 0.6 is 0 Å². The number of non-ortho nitro benzene ring substituents is 1. The SMILES string of the molecule is CCOC(=O)C1C(C)=NC(C)=C(C(=O)N[C@H](C(=O)OCC)C(C)C)[C@@H]1c1cccc([N+](=O)[O-])c1. The van der Waals surface area contributed by atoms with Crippen LogP contribution in [0, 0.1) is 22.0 Å². The molecular formula is C24H31N3O7. The fraction of sp³-hybridized carbons (Fsp3) is 0.500. The van der Waals surface area contributed by atoms with Crippen molar-refractivity contribution in [3.63, 3.8) is 0 Å². The number of benzene rings is 1. The third kappa shape index (κ3) is 5.86. The smallest absolute Gasteiger partial charge is 0.328 e. The van der Waals surface area contributed by atoms with Crippen molar-refractivity contribution in [1.82, 2.24) is 5.32 Å². The summed E-state index contributed by atoms with van der Waals surface area (Å²) in [4.78, 5) is 54.2. The summed E-state index contributed by atoms with van der Waals surface area (Å²) >= 11 is 0. The molecule has 1 aromatic carbocycles. The predicted molar refractivity (Wildman–Crippen MR) is 125 cm³/mol. The summed E-state index contributed by atoms with van der Waals surface area (Å²) in [7, 11) is 0. The molecule has 10 heteroatoms. The fourth-order valence-electron chi connectivity index (χ4n) is 4.01. The van der Waals surface area contributed by atoms with Gasteiger partial charge in [0.05, 0.1) is 18.1 Å². The number of ether oxygens (including phenoxy) is 2. The largest absolute Gasteiger partial charge is 0.465 e. The zero-order chi connectivity index (χ0) is 25.6. The molecule has 1 unspecified atom stereocenters. The Morgan fingerprint density at radius 1 is 1.15 bits per heavy atom. The van der Waals surface area contributed by atoms with Crippen LogP contribution in [0.15, 0.2) is 40.5 Å². The Balaban J connectivity index is 2.63. The molecule has 0 radical (unpaired) electrons. The van der Waals surface area contributed by atoms with Crippen molar-refractivity contribution < 1.29 is 28.8 Å². The zero-order valence-electron chi connectivity index (χ0n) is 20.3. The van der Waals surface area contributed by atoms with Gasteiger partial charge in [0.15, 0.2) is 0 Å². The molecule has 0 bridgehead atoms. The molecule has 1 amide bonds. The van der Waals surface area contributed by atoms with Crippen molar-refractivity contribution in [2.24, 2.45) is 16.8 Å². The second-order valence-electron chi connectivity index (χ2n) is 8.26. The molecule has 2 rings (SSSR count). The lowest BCUT2D eigenvalue weighted by Crippen LogP contribution is -2.48. The second-order valence-corrected chi connectivity index (χ2v) is 8.26. The molecule has 1 heterocycles. The van der Waals surface area contributed by atoms with Gasteiger partial charge < -0.3 is 14.8 Å². The Kier molecular flexibility index (Phi) is 9.05. The van der Waals surface area contributed by atoms with Crippen LogP contribution in [0.5, 0.6) is 0 Å². The number of nitro benzene ring substituents is 1. The van der Waals surface area contributed by atoms with Crippen LogP contribution in [0.25, 0.3) is 0 Å². The van der Waals surface area contributed by atoms with Crippen LogP contribution in [0.3, 0.4) is 0 Å². The average Bonchev–Trinajstić information content (AvgIpc) is 2.76. The second kappa shape index (κ2) is 11.5. The Morgan fingerprint density at radius 2 is 1.79 bits per heavy atom. The summed E-state index contributed by atoms with van der Waals surface area (Å²) in [6.45, 7) is 10.4. The molecule has 1 aliphatic heterocycles. The first-order valence-corrected chi connectivity index (χ1v) is 11.2. The highest BCUT2D eigenvalue weighted by atomic mass is 16.6. The van der Waals surface area contributed by atoms with Crippen LogP contribution in [0.2, 0.25) is 0 Å². The quantitative estimate of drug-likeness (QED) is 0.330. The molecular weight excluding hydrogens is 442 g/mol. The minimum absolute atomic E-state index is 0.118. The van der Waals surface area contributed by atoms with E-state index >= 15 is 0 Å². The maximum absolute atomic E-state index is 13.5. The van der Waals surface area contributed by atoms with Crippen molar-refractivity contribution in [2.45, 2.75) is 53.5 Å². The molecule has 184 valence electrons. The number of nitrogens with zero attached hydrogens (tertiary/aromatic N) is 2. The van der Waals surface area contributed by atoms with Crippen LogP contribution in [0.1, 0.15) is 53.0 Å². The number of rotatable bonds is 9. The van der Waals surface area contributed by atoms with E-state index in [9.17, 15) is 24.5 Å². The number of nitro groups is 1. The number of esters is 2. The zero-order valence-corrected chi connectivity index (χ0v) is 20.3. The van der Waals surface area contributed by atoms with E-state index in [2.05, 4.69) is 10.3 Å². The summed E-state index contributed by atoms with van der Waals surface area (Å²) in [5.41, 5.74) is 1.12. The van der Waals surface area contributed by atoms with E-state index < -0.39 is 40.6 Å². The number of hydrogen-bond donors (Lipinski definition) is 1. The van der Waals surface area contributed by atoms with E-state index in [-0.39, 0.29) is 30.4 Å². The molecule has 0 saturated carbocycles. The molecule has 0 aromatic heterocycles. The summed E-state index contributed by atoms with van der Waals surface area (Å²) in [6, 6.07) is 4.86. The highest BCUT2D eigenvalue weighted by Gasteiger charge is 2.43. The average molecular weight is 474 g/mol. The minimum Gasteiger partial charge on any atom is -0.465 e.